The SMILES string of the molecule is COc1ccc(OC)c(NC(=O)C(C)Oc2ccc(F)cc2)c1. The fraction of sp³-hybridized carbons (Fsp3) is 0.235. The molecule has 0 saturated carbocycles. The normalized spacial score (nSPS) is 11.5. The number of hydrogen-bond donors (Lipinski definition) is 1. The van der Waals surface area contributed by atoms with Crippen molar-refractivity contribution in [3.05, 3.63) is 48.3 Å². The Bertz CT molecular complexity index is 673. The third kappa shape index (κ3) is 4.35. The van der Waals surface area contributed by atoms with Crippen molar-refractivity contribution in [1.82, 2.24) is 0 Å². The van der Waals surface area contributed by atoms with E-state index in [-0.39, 0.29) is 11.7 Å². The molecule has 0 saturated heterocycles. The van der Waals surface area contributed by atoms with Gasteiger partial charge >= 0.3 is 0 Å². The van der Waals surface area contributed by atoms with Gasteiger partial charge in [-0.15, -0.1) is 0 Å². The molecule has 6 heteroatoms. The lowest BCUT2D eigenvalue weighted by molar-refractivity contribution is -0.122. The Hall–Kier alpha value is -2.76. The Balaban J connectivity index is 2.07. The molecule has 0 aliphatic heterocycles. The molecular formula is C17H18FNO4. The van der Waals surface area contributed by atoms with Crippen molar-refractivity contribution < 1.29 is 23.4 Å². The number of amides is 1. The summed E-state index contributed by atoms with van der Waals surface area (Å²) < 4.78 is 28.7. The molecule has 2 rings (SSSR count). The Morgan fingerprint density at radius 2 is 1.70 bits per heavy atom. The summed E-state index contributed by atoms with van der Waals surface area (Å²) in [5.74, 6) is 0.782. The first-order chi connectivity index (χ1) is 11.0. The van der Waals surface area contributed by atoms with E-state index in [1.807, 2.05) is 0 Å². The first-order valence-electron chi connectivity index (χ1n) is 6.98. The number of benzene rings is 2. The van der Waals surface area contributed by atoms with Crippen molar-refractivity contribution >= 4 is 11.6 Å². The van der Waals surface area contributed by atoms with Crippen LogP contribution >= 0.6 is 0 Å². The van der Waals surface area contributed by atoms with Gasteiger partial charge in [-0.05, 0) is 43.3 Å². The molecule has 1 atom stereocenters. The maximum Gasteiger partial charge on any atom is 0.265 e. The molecule has 1 unspecified atom stereocenters. The molecule has 0 bridgehead atoms. The first kappa shape index (κ1) is 16.6. The number of ether oxygens (including phenoxy) is 3. The van der Waals surface area contributed by atoms with E-state index >= 15 is 0 Å². The first-order valence-corrected chi connectivity index (χ1v) is 6.98. The second-order valence-corrected chi connectivity index (χ2v) is 4.77. The number of anilines is 1. The van der Waals surface area contributed by atoms with Gasteiger partial charge in [0.25, 0.3) is 5.91 Å². The molecule has 1 amide bonds. The Morgan fingerprint density at radius 1 is 1.04 bits per heavy atom. The van der Waals surface area contributed by atoms with E-state index in [0.717, 1.165) is 0 Å². The minimum atomic E-state index is -0.767. The third-order valence-electron chi connectivity index (χ3n) is 3.16. The van der Waals surface area contributed by atoms with E-state index in [1.54, 1.807) is 25.1 Å². The maximum absolute atomic E-state index is 12.9. The molecule has 0 heterocycles. The fourth-order valence-electron chi connectivity index (χ4n) is 1.92. The minimum Gasteiger partial charge on any atom is -0.497 e. The fourth-order valence-corrected chi connectivity index (χ4v) is 1.92. The molecule has 23 heavy (non-hydrogen) atoms. The van der Waals surface area contributed by atoms with Crippen LogP contribution in [0.5, 0.6) is 17.2 Å². The van der Waals surface area contributed by atoms with Crippen molar-refractivity contribution in [1.29, 1.82) is 0 Å². The van der Waals surface area contributed by atoms with Crippen molar-refractivity contribution in [2.45, 2.75) is 13.0 Å². The zero-order valence-corrected chi connectivity index (χ0v) is 13.1. The molecule has 2 aromatic rings. The smallest absolute Gasteiger partial charge is 0.265 e. The van der Waals surface area contributed by atoms with Gasteiger partial charge in [-0.25, -0.2) is 4.39 Å². The van der Waals surface area contributed by atoms with Gasteiger partial charge in [-0.1, -0.05) is 0 Å². The lowest BCUT2D eigenvalue weighted by Gasteiger charge is -2.16. The van der Waals surface area contributed by atoms with Gasteiger partial charge in [-0.2, -0.15) is 0 Å². The summed E-state index contributed by atoms with van der Waals surface area (Å²) in [4.78, 5) is 12.2. The van der Waals surface area contributed by atoms with Gasteiger partial charge < -0.3 is 19.5 Å². The predicted molar refractivity (Wildman–Crippen MR) is 84.7 cm³/mol. The summed E-state index contributed by atoms with van der Waals surface area (Å²) in [6, 6.07) is 10.5. The zero-order valence-electron chi connectivity index (χ0n) is 13.1. The largest absolute Gasteiger partial charge is 0.497 e. The average Bonchev–Trinajstić information content (AvgIpc) is 2.56. The van der Waals surface area contributed by atoms with Crippen LogP contribution in [0.4, 0.5) is 10.1 Å². The van der Waals surface area contributed by atoms with E-state index in [2.05, 4.69) is 5.32 Å². The van der Waals surface area contributed by atoms with Crippen LogP contribution in [0, 0.1) is 5.82 Å². The second kappa shape index (κ2) is 7.49. The molecule has 122 valence electrons. The zero-order chi connectivity index (χ0) is 16.8. The van der Waals surface area contributed by atoms with Gasteiger partial charge in [0, 0.05) is 6.07 Å². The number of hydrogen-bond acceptors (Lipinski definition) is 4. The quantitative estimate of drug-likeness (QED) is 0.888. The summed E-state index contributed by atoms with van der Waals surface area (Å²) in [7, 11) is 3.05. The summed E-state index contributed by atoms with van der Waals surface area (Å²) in [5, 5.41) is 2.72. The third-order valence-corrected chi connectivity index (χ3v) is 3.16. The van der Waals surface area contributed by atoms with E-state index in [9.17, 15) is 9.18 Å². The van der Waals surface area contributed by atoms with Crippen LogP contribution < -0.4 is 19.5 Å². The van der Waals surface area contributed by atoms with Crippen molar-refractivity contribution in [2.24, 2.45) is 0 Å². The lowest BCUT2D eigenvalue weighted by atomic mass is 10.2. The van der Waals surface area contributed by atoms with Gasteiger partial charge in [0.05, 0.1) is 19.9 Å². The van der Waals surface area contributed by atoms with Crippen LogP contribution in [0.1, 0.15) is 6.92 Å². The number of halogens is 1. The highest BCUT2D eigenvalue weighted by Crippen LogP contribution is 2.29. The Kier molecular flexibility index (Phi) is 5.41. The molecule has 5 nitrogen and oxygen atoms in total. The number of carbonyl (C=O) groups excluding carboxylic acids is 1. The highest BCUT2D eigenvalue weighted by molar-refractivity contribution is 5.95. The van der Waals surface area contributed by atoms with Crippen LogP contribution in [-0.4, -0.2) is 26.2 Å². The molecule has 1 N–H and O–H groups in total. The monoisotopic (exact) mass is 319 g/mol. The molecular weight excluding hydrogens is 301 g/mol. The summed E-state index contributed by atoms with van der Waals surface area (Å²) in [6.45, 7) is 1.60. The predicted octanol–water partition coefficient (Wildman–Crippen LogP) is 3.25. The lowest BCUT2D eigenvalue weighted by Crippen LogP contribution is -2.30. The molecule has 0 aliphatic carbocycles. The summed E-state index contributed by atoms with van der Waals surface area (Å²) >= 11 is 0. The molecule has 2 aromatic carbocycles. The van der Waals surface area contributed by atoms with Gasteiger partial charge in [0.2, 0.25) is 0 Å². The number of methoxy groups -OCH3 is 2. The van der Waals surface area contributed by atoms with Gasteiger partial charge in [-0.3, -0.25) is 4.79 Å². The second-order valence-electron chi connectivity index (χ2n) is 4.77. The standard InChI is InChI=1S/C17H18FNO4/c1-11(23-13-6-4-12(18)5-7-13)17(20)19-15-10-14(21-2)8-9-16(15)22-3/h4-11H,1-3H3,(H,19,20). The van der Waals surface area contributed by atoms with Crippen LogP contribution in [0.15, 0.2) is 42.5 Å². The van der Waals surface area contributed by atoms with E-state index in [0.29, 0.717) is 22.9 Å². The van der Waals surface area contributed by atoms with Crippen LogP contribution in [0.25, 0.3) is 0 Å². The van der Waals surface area contributed by atoms with Crippen molar-refractivity contribution in [3.63, 3.8) is 0 Å². The van der Waals surface area contributed by atoms with Crippen LogP contribution in [0.2, 0.25) is 0 Å². The van der Waals surface area contributed by atoms with Crippen LogP contribution in [-0.2, 0) is 4.79 Å². The summed E-state index contributed by atoms with van der Waals surface area (Å²) in [6.07, 6.45) is -0.767. The Morgan fingerprint density at radius 3 is 2.30 bits per heavy atom. The molecule has 0 spiro atoms. The Labute approximate surface area is 134 Å². The highest BCUT2D eigenvalue weighted by Gasteiger charge is 2.17. The summed E-state index contributed by atoms with van der Waals surface area (Å²) in [5.41, 5.74) is 0.478. The minimum absolute atomic E-state index is 0.360. The number of rotatable bonds is 6. The highest BCUT2D eigenvalue weighted by atomic mass is 19.1. The van der Waals surface area contributed by atoms with E-state index < -0.39 is 6.10 Å². The van der Waals surface area contributed by atoms with Gasteiger partial charge in [0.15, 0.2) is 6.10 Å². The molecule has 0 aromatic heterocycles. The van der Waals surface area contributed by atoms with E-state index in [4.69, 9.17) is 14.2 Å². The van der Waals surface area contributed by atoms with Gasteiger partial charge in [0.1, 0.15) is 23.1 Å². The average molecular weight is 319 g/mol. The molecule has 0 aliphatic rings. The van der Waals surface area contributed by atoms with Crippen molar-refractivity contribution in [3.8, 4) is 17.2 Å². The van der Waals surface area contributed by atoms with Crippen LogP contribution in [0.3, 0.4) is 0 Å². The maximum atomic E-state index is 12.9. The van der Waals surface area contributed by atoms with Crippen molar-refractivity contribution in [2.75, 3.05) is 19.5 Å². The number of nitrogens with one attached hydrogen (secondary N) is 1. The number of carbonyl (C=O) groups is 1. The van der Waals surface area contributed by atoms with E-state index in [1.165, 1.54) is 38.5 Å². The molecule has 0 radical (unpaired) electrons. The molecule has 0 fully saturated rings. The topological polar surface area (TPSA) is 56.8 Å².